The molecule has 0 spiro atoms. The number of thiophene rings is 1. The predicted molar refractivity (Wildman–Crippen MR) is 92.8 cm³/mol. The molecule has 2 fully saturated rings. The first kappa shape index (κ1) is 16.5. The van der Waals surface area contributed by atoms with Gasteiger partial charge in [-0.15, -0.1) is 11.3 Å². The molecule has 2 aliphatic heterocycles. The standard InChI is InChI=1S/C17H25N3O2S/c1-14(17(22)18-8-4-2-3-5-9-18)19-10-11-20(15(21)13-19)16-7-6-12-23-16/h6-7,12,14H,2-5,8-11,13H2,1H3. The fraction of sp³-hybridized carbons (Fsp3) is 0.647. The molecule has 0 aliphatic carbocycles. The molecule has 2 aliphatic rings. The molecule has 0 N–H and O–H groups in total. The van der Waals surface area contributed by atoms with Crippen LogP contribution in [0.25, 0.3) is 0 Å². The summed E-state index contributed by atoms with van der Waals surface area (Å²) in [5, 5.41) is 2.99. The van der Waals surface area contributed by atoms with E-state index >= 15 is 0 Å². The van der Waals surface area contributed by atoms with Gasteiger partial charge in [0.2, 0.25) is 11.8 Å². The first-order chi connectivity index (χ1) is 11.2. The van der Waals surface area contributed by atoms with Gasteiger partial charge in [-0.05, 0) is 37.3 Å². The lowest BCUT2D eigenvalue weighted by atomic mass is 10.2. The first-order valence-electron chi connectivity index (χ1n) is 8.53. The van der Waals surface area contributed by atoms with Crippen LogP contribution in [0.4, 0.5) is 5.00 Å². The monoisotopic (exact) mass is 335 g/mol. The summed E-state index contributed by atoms with van der Waals surface area (Å²) in [6, 6.07) is 3.73. The van der Waals surface area contributed by atoms with Crippen LogP contribution in [0.5, 0.6) is 0 Å². The van der Waals surface area contributed by atoms with E-state index in [-0.39, 0.29) is 17.9 Å². The highest BCUT2D eigenvalue weighted by Crippen LogP contribution is 2.24. The summed E-state index contributed by atoms with van der Waals surface area (Å²) in [7, 11) is 0. The Balaban J connectivity index is 1.59. The minimum atomic E-state index is -0.206. The van der Waals surface area contributed by atoms with Crippen LogP contribution >= 0.6 is 11.3 Å². The second kappa shape index (κ2) is 7.45. The third-order valence-electron chi connectivity index (χ3n) is 4.85. The average Bonchev–Trinajstić information content (AvgIpc) is 2.95. The number of carbonyl (C=O) groups excluding carboxylic acids is 2. The van der Waals surface area contributed by atoms with Crippen molar-refractivity contribution in [3.05, 3.63) is 17.5 Å². The maximum Gasteiger partial charge on any atom is 0.241 e. The van der Waals surface area contributed by atoms with E-state index in [1.807, 2.05) is 39.1 Å². The Hall–Kier alpha value is -1.40. The van der Waals surface area contributed by atoms with Crippen LogP contribution in [0.2, 0.25) is 0 Å². The van der Waals surface area contributed by atoms with Crippen molar-refractivity contribution in [1.29, 1.82) is 0 Å². The minimum absolute atomic E-state index is 0.0919. The van der Waals surface area contributed by atoms with Gasteiger partial charge >= 0.3 is 0 Å². The number of likely N-dealkylation sites (tertiary alicyclic amines) is 1. The Morgan fingerprint density at radius 2 is 1.87 bits per heavy atom. The second-order valence-corrected chi connectivity index (χ2v) is 7.31. The van der Waals surface area contributed by atoms with Crippen molar-refractivity contribution in [3.8, 4) is 0 Å². The molecule has 1 unspecified atom stereocenters. The molecule has 3 rings (SSSR count). The number of nitrogens with zero attached hydrogens (tertiary/aromatic N) is 3. The summed E-state index contributed by atoms with van der Waals surface area (Å²) in [6.45, 7) is 5.43. The van der Waals surface area contributed by atoms with Crippen LogP contribution in [-0.2, 0) is 9.59 Å². The zero-order valence-electron chi connectivity index (χ0n) is 13.7. The summed E-state index contributed by atoms with van der Waals surface area (Å²) in [5.41, 5.74) is 0. The van der Waals surface area contributed by atoms with Gasteiger partial charge in [0.1, 0.15) is 0 Å². The highest BCUT2D eigenvalue weighted by atomic mass is 32.1. The third-order valence-corrected chi connectivity index (χ3v) is 5.74. The summed E-state index contributed by atoms with van der Waals surface area (Å²) in [6.07, 6.45) is 4.64. The van der Waals surface area contributed by atoms with Crippen LogP contribution in [0.15, 0.2) is 17.5 Å². The molecule has 1 atom stereocenters. The van der Waals surface area contributed by atoms with Crippen molar-refractivity contribution in [2.24, 2.45) is 0 Å². The van der Waals surface area contributed by atoms with Crippen molar-refractivity contribution < 1.29 is 9.59 Å². The molecule has 2 amide bonds. The van der Waals surface area contributed by atoms with Crippen LogP contribution in [0.1, 0.15) is 32.6 Å². The topological polar surface area (TPSA) is 43.9 Å². The molecule has 5 nitrogen and oxygen atoms in total. The third kappa shape index (κ3) is 3.75. The number of anilines is 1. The summed E-state index contributed by atoms with van der Waals surface area (Å²) < 4.78 is 0. The lowest BCUT2D eigenvalue weighted by molar-refractivity contribution is -0.137. The molecule has 23 heavy (non-hydrogen) atoms. The predicted octanol–water partition coefficient (Wildman–Crippen LogP) is 2.19. The number of hydrogen-bond donors (Lipinski definition) is 0. The summed E-state index contributed by atoms with van der Waals surface area (Å²) >= 11 is 1.59. The van der Waals surface area contributed by atoms with Crippen molar-refractivity contribution in [2.75, 3.05) is 37.6 Å². The number of amides is 2. The summed E-state index contributed by atoms with van der Waals surface area (Å²) in [5.74, 6) is 0.276. The molecule has 0 saturated carbocycles. The number of hydrogen-bond acceptors (Lipinski definition) is 4. The largest absolute Gasteiger partial charge is 0.341 e. The van der Waals surface area contributed by atoms with E-state index in [9.17, 15) is 9.59 Å². The van der Waals surface area contributed by atoms with Crippen molar-refractivity contribution in [2.45, 2.75) is 38.6 Å². The van der Waals surface area contributed by atoms with Crippen molar-refractivity contribution in [1.82, 2.24) is 9.80 Å². The second-order valence-electron chi connectivity index (χ2n) is 6.38. The smallest absolute Gasteiger partial charge is 0.241 e. The molecule has 0 radical (unpaired) electrons. The Morgan fingerprint density at radius 1 is 1.13 bits per heavy atom. The molecular formula is C17H25N3O2S. The molecule has 0 aromatic carbocycles. The van der Waals surface area contributed by atoms with Gasteiger partial charge in [-0.25, -0.2) is 0 Å². The molecular weight excluding hydrogens is 310 g/mol. The normalized spacial score (nSPS) is 22.0. The Morgan fingerprint density at radius 3 is 2.48 bits per heavy atom. The van der Waals surface area contributed by atoms with Gasteiger partial charge in [0.15, 0.2) is 0 Å². The number of piperazine rings is 1. The van der Waals surface area contributed by atoms with Gasteiger partial charge < -0.3 is 9.80 Å². The maximum atomic E-state index is 12.7. The van der Waals surface area contributed by atoms with Gasteiger partial charge in [0.05, 0.1) is 17.6 Å². The van der Waals surface area contributed by atoms with Crippen LogP contribution < -0.4 is 4.90 Å². The van der Waals surface area contributed by atoms with Crippen LogP contribution in [-0.4, -0.2) is 60.4 Å². The molecule has 1 aromatic heterocycles. The van der Waals surface area contributed by atoms with Crippen molar-refractivity contribution in [3.63, 3.8) is 0 Å². The van der Waals surface area contributed by atoms with E-state index in [4.69, 9.17) is 0 Å². The van der Waals surface area contributed by atoms with Gasteiger partial charge in [0.25, 0.3) is 0 Å². The fourth-order valence-electron chi connectivity index (χ4n) is 3.39. The Kier molecular flexibility index (Phi) is 5.33. The minimum Gasteiger partial charge on any atom is -0.341 e. The van der Waals surface area contributed by atoms with E-state index in [0.29, 0.717) is 13.1 Å². The number of rotatable bonds is 3. The molecule has 126 valence electrons. The molecule has 6 heteroatoms. The van der Waals surface area contributed by atoms with Crippen LogP contribution in [0, 0.1) is 0 Å². The zero-order valence-corrected chi connectivity index (χ0v) is 14.6. The van der Waals surface area contributed by atoms with E-state index in [1.165, 1.54) is 12.8 Å². The van der Waals surface area contributed by atoms with E-state index < -0.39 is 0 Å². The lowest BCUT2D eigenvalue weighted by Crippen LogP contribution is -2.57. The highest BCUT2D eigenvalue weighted by molar-refractivity contribution is 7.14. The fourth-order valence-corrected chi connectivity index (χ4v) is 4.16. The van der Waals surface area contributed by atoms with Gasteiger partial charge in [0, 0.05) is 26.2 Å². The SMILES string of the molecule is CC(C(=O)N1CCCCCC1)N1CCN(c2cccs2)C(=O)C1. The van der Waals surface area contributed by atoms with Crippen LogP contribution in [0.3, 0.4) is 0 Å². The molecule has 1 aromatic rings. The molecule has 3 heterocycles. The number of carbonyl (C=O) groups is 2. The van der Waals surface area contributed by atoms with Gasteiger partial charge in [-0.1, -0.05) is 12.8 Å². The molecule has 2 saturated heterocycles. The van der Waals surface area contributed by atoms with Crippen molar-refractivity contribution >= 4 is 28.2 Å². The highest BCUT2D eigenvalue weighted by Gasteiger charge is 2.32. The molecule has 0 bridgehead atoms. The van der Waals surface area contributed by atoms with Gasteiger partial charge in [-0.3, -0.25) is 14.5 Å². The first-order valence-corrected chi connectivity index (χ1v) is 9.41. The van der Waals surface area contributed by atoms with E-state index in [2.05, 4.69) is 0 Å². The Labute approximate surface area is 141 Å². The van der Waals surface area contributed by atoms with E-state index in [1.54, 1.807) is 11.3 Å². The maximum absolute atomic E-state index is 12.7. The van der Waals surface area contributed by atoms with E-state index in [0.717, 1.165) is 37.5 Å². The lowest BCUT2D eigenvalue weighted by Gasteiger charge is -2.37. The quantitative estimate of drug-likeness (QED) is 0.850. The average molecular weight is 335 g/mol. The Bertz CT molecular complexity index is 538. The summed E-state index contributed by atoms with van der Waals surface area (Å²) in [4.78, 5) is 31.0. The zero-order chi connectivity index (χ0) is 16.2. The van der Waals surface area contributed by atoms with Gasteiger partial charge in [-0.2, -0.15) is 0 Å².